The summed E-state index contributed by atoms with van der Waals surface area (Å²) in [6, 6.07) is 8.61. The lowest BCUT2D eigenvalue weighted by Crippen LogP contribution is -2.39. The number of para-hydroxylation sites is 2. The van der Waals surface area contributed by atoms with Crippen molar-refractivity contribution in [2.75, 3.05) is 11.5 Å². The molecule has 2 aromatic rings. The molecule has 0 saturated heterocycles. The largest absolute Gasteiger partial charge is 0.328 e. The van der Waals surface area contributed by atoms with Gasteiger partial charge in [-0.1, -0.05) is 26.0 Å². The van der Waals surface area contributed by atoms with E-state index in [-0.39, 0.29) is 6.04 Å². The number of hydrazine groups is 1. The minimum absolute atomic E-state index is 0.271. The summed E-state index contributed by atoms with van der Waals surface area (Å²) < 4.78 is 2.33. The number of hydrogen-bond acceptors (Lipinski definition) is 4. The van der Waals surface area contributed by atoms with E-state index in [0.29, 0.717) is 0 Å². The Bertz CT molecular complexity index is 538. The molecule has 2 rings (SSSR count). The van der Waals surface area contributed by atoms with Crippen molar-refractivity contribution in [1.82, 2.24) is 15.0 Å². The van der Waals surface area contributed by atoms with Gasteiger partial charge in [0.05, 0.1) is 11.0 Å². The molecule has 0 radical (unpaired) electrons. The van der Waals surface area contributed by atoms with E-state index >= 15 is 0 Å². The van der Waals surface area contributed by atoms with Gasteiger partial charge in [-0.2, -0.15) is 11.8 Å². The number of hydrogen-bond donors (Lipinski definition) is 2. The normalized spacial score (nSPS) is 12.9. The average Bonchev–Trinajstić information content (AvgIpc) is 2.82. The van der Waals surface area contributed by atoms with Crippen molar-refractivity contribution in [3.05, 3.63) is 30.1 Å². The van der Waals surface area contributed by atoms with E-state index < -0.39 is 0 Å². The highest BCUT2D eigenvalue weighted by Crippen LogP contribution is 2.18. The topological polar surface area (TPSA) is 55.9 Å². The molecule has 0 amide bonds. The maximum absolute atomic E-state index is 5.68. The molecule has 0 aliphatic rings. The molecule has 0 spiro atoms. The predicted octanol–water partition coefficient (Wildman–Crippen LogP) is 2.57. The smallest absolute Gasteiger partial charge is 0.111 e. The van der Waals surface area contributed by atoms with E-state index in [1.54, 1.807) is 0 Å². The van der Waals surface area contributed by atoms with Crippen molar-refractivity contribution in [2.24, 2.45) is 5.84 Å². The van der Waals surface area contributed by atoms with Crippen LogP contribution in [0.15, 0.2) is 24.3 Å². The van der Waals surface area contributed by atoms with Gasteiger partial charge in [-0.3, -0.25) is 11.3 Å². The summed E-state index contributed by atoms with van der Waals surface area (Å²) in [6.45, 7) is 5.38. The minimum Gasteiger partial charge on any atom is -0.328 e. The number of aromatic nitrogens is 2. The van der Waals surface area contributed by atoms with Crippen LogP contribution in [0.25, 0.3) is 11.0 Å². The Morgan fingerprint density at radius 2 is 2.15 bits per heavy atom. The first kappa shape index (κ1) is 15.4. The van der Waals surface area contributed by atoms with Gasteiger partial charge in [0.1, 0.15) is 5.82 Å². The van der Waals surface area contributed by atoms with Gasteiger partial charge in [0.15, 0.2) is 0 Å². The Morgan fingerprint density at radius 3 is 2.85 bits per heavy atom. The predicted molar refractivity (Wildman–Crippen MR) is 87.8 cm³/mol. The lowest BCUT2D eigenvalue weighted by Gasteiger charge is -2.16. The molecular formula is C15H24N4S. The van der Waals surface area contributed by atoms with E-state index in [2.05, 4.69) is 42.0 Å². The molecule has 1 aromatic heterocycles. The SMILES string of the molecule is CCCn1c(CC(CSCC)NN)nc2ccccc21. The van der Waals surface area contributed by atoms with Crippen molar-refractivity contribution in [1.29, 1.82) is 0 Å². The first-order chi connectivity index (χ1) is 9.80. The van der Waals surface area contributed by atoms with E-state index in [1.165, 1.54) is 5.52 Å². The fourth-order valence-electron chi connectivity index (χ4n) is 2.40. The summed E-state index contributed by atoms with van der Waals surface area (Å²) in [5, 5.41) is 0. The lowest BCUT2D eigenvalue weighted by atomic mass is 10.2. The molecular weight excluding hydrogens is 268 g/mol. The maximum Gasteiger partial charge on any atom is 0.111 e. The van der Waals surface area contributed by atoms with Crippen LogP contribution in [0.1, 0.15) is 26.1 Å². The molecule has 5 heteroatoms. The Balaban J connectivity index is 2.25. The van der Waals surface area contributed by atoms with Crippen LogP contribution in [0, 0.1) is 0 Å². The fraction of sp³-hybridized carbons (Fsp3) is 0.533. The number of benzene rings is 1. The van der Waals surface area contributed by atoms with Crippen molar-refractivity contribution in [3.63, 3.8) is 0 Å². The van der Waals surface area contributed by atoms with Gasteiger partial charge in [0.2, 0.25) is 0 Å². The second-order valence-electron chi connectivity index (χ2n) is 4.90. The van der Waals surface area contributed by atoms with E-state index in [9.17, 15) is 0 Å². The Hall–Kier alpha value is -1.04. The highest BCUT2D eigenvalue weighted by Gasteiger charge is 2.14. The van der Waals surface area contributed by atoms with Crippen molar-refractivity contribution < 1.29 is 0 Å². The number of rotatable bonds is 8. The average molecular weight is 292 g/mol. The molecule has 3 N–H and O–H groups in total. The van der Waals surface area contributed by atoms with Crippen molar-refractivity contribution >= 4 is 22.8 Å². The zero-order chi connectivity index (χ0) is 14.4. The molecule has 0 aliphatic carbocycles. The number of imidazole rings is 1. The Labute approximate surface area is 125 Å². The molecule has 0 fully saturated rings. The minimum atomic E-state index is 0.271. The second kappa shape index (κ2) is 7.67. The van der Waals surface area contributed by atoms with Gasteiger partial charge in [-0.15, -0.1) is 0 Å². The highest BCUT2D eigenvalue weighted by molar-refractivity contribution is 7.99. The van der Waals surface area contributed by atoms with Gasteiger partial charge >= 0.3 is 0 Å². The first-order valence-corrected chi connectivity index (χ1v) is 8.43. The van der Waals surface area contributed by atoms with Crippen LogP contribution in [0.5, 0.6) is 0 Å². The van der Waals surface area contributed by atoms with E-state index in [1.807, 2.05) is 17.8 Å². The quantitative estimate of drug-likeness (QED) is 0.580. The van der Waals surface area contributed by atoms with Crippen LogP contribution < -0.4 is 11.3 Å². The van der Waals surface area contributed by atoms with E-state index in [4.69, 9.17) is 10.8 Å². The maximum atomic E-state index is 5.68. The number of fused-ring (bicyclic) bond motifs is 1. The third-order valence-electron chi connectivity index (χ3n) is 3.37. The zero-order valence-corrected chi connectivity index (χ0v) is 13.1. The molecule has 110 valence electrons. The molecule has 20 heavy (non-hydrogen) atoms. The van der Waals surface area contributed by atoms with Gasteiger partial charge < -0.3 is 4.57 Å². The Kier molecular flexibility index (Phi) is 5.88. The lowest BCUT2D eigenvalue weighted by molar-refractivity contribution is 0.540. The molecule has 1 heterocycles. The summed E-state index contributed by atoms with van der Waals surface area (Å²) >= 11 is 1.91. The molecule has 0 saturated carbocycles. The van der Waals surface area contributed by atoms with Gasteiger partial charge in [-0.05, 0) is 24.3 Å². The third kappa shape index (κ3) is 3.53. The molecule has 0 bridgehead atoms. The molecule has 1 atom stereocenters. The Morgan fingerprint density at radius 1 is 1.35 bits per heavy atom. The third-order valence-corrected chi connectivity index (χ3v) is 4.41. The van der Waals surface area contributed by atoms with Crippen LogP contribution in [-0.2, 0) is 13.0 Å². The number of nitrogens with two attached hydrogens (primary N) is 1. The first-order valence-electron chi connectivity index (χ1n) is 7.28. The summed E-state index contributed by atoms with van der Waals surface area (Å²) in [4.78, 5) is 4.79. The van der Waals surface area contributed by atoms with Crippen molar-refractivity contribution in [3.8, 4) is 0 Å². The van der Waals surface area contributed by atoms with Crippen LogP contribution in [0.3, 0.4) is 0 Å². The molecule has 0 aliphatic heterocycles. The number of aryl methyl sites for hydroxylation is 1. The van der Waals surface area contributed by atoms with Crippen LogP contribution in [-0.4, -0.2) is 27.1 Å². The molecule has 1 unspecified atom stereocenters. The molecule has 4 nitrogen and oxygen atoms in total. The zero-order valence-electron chi connectivity index (χ0n) is 12.3. The second-order valence-corrected chi connectivity index (χ2v) is 6.21. The van der Waals surface area contributed by atoms with E-state index in [0.717, 1.165) is 42.2 Å². The van der Waals surface area contributed by atoms with Gasteiger partial charge in [-0.25, -0.2) is 4.98 Å². The van der Waals surface area contributed by atoms with Crippen LogP contribution >= 0.6 is 11.8 Å². The van der Waals surface area contributed by atoms with Crippen LogP contribution in [0.4, 0.5) is 0 Å². The van der Waals surface area contributed by atoms with Gasteiger partial charge in [0, 0.05) is 24.8 Å². The fourth-order valence-corrected chi connectivity index (χ4v) is 3.14. The van der Waals surface area contributed by atoms with Crippen molar-refractivity contribution in [2.45, 2.75) is 39.3 Å². The molecule has 1 aromatic carbocycles. The van der Waals surface area contributed by atoms with Gasteiger partial charge in [0.25, 0.3) is 0 Å². The highest BCUT2D eigenvalue weighted by atomic mass is 32.2. The van der Waals surface area contributed by atoms with Crippen LogP contribution in [0.2, 0.25) is 0 Å². The number of nitrogens with zero attached hydrogens (tertiary/aromatic N) is 2. The summed E-state index contributed by atoms with van der Waals surface area (Å²) in [5.74, 6) is 8.94. The number of nitrogens with one attached hydrogen (secondary N) is 1. The summed E-state index contributed by atoms with van der Waals surface area (Å²) in [6.07, 6.45) is 1.98. The summed E-state index contributed by atoms with van der Waals surface area (Å²) in [7, 11) is 0. The monoisotopic (exact) mass is 292 g/mol. The standard InChI is InChI=1S/C15H24N4S/c1-3-9-19-14-8-6-5-7-13(14)17-15(19)10-12(18-16)11-20-4-2/h5-8,12,18H,3-4,9-11,16H2,1-2H3. The number of thioether (sulfide) groups is 1. The summed E-state index contributed by atoms with van der Waals surface area (Å²) in [5.41, 5.74) is 5.23.